The number of ether oxygens (including phenoxy) is 1. The number of carbonyl (C=O) groups is 2. The highest BCUT2D eigenvalue weighted by atomic mass is 35.5. The Morgan fingerprint density at radius 3 is 2.32 bits per heavy atom. The molecule has 0 aliphatic carbocycles. The standard InChI is InChI=1S/C21H22ClN3O3/c22-17-7-8-18(23-14-17)15-3-5-16(6-4-15)20(26)24-9-11-25(12-10-24)21(27)19-2-1-13-28-19/h3-8,14,19H,1-2,9-13H2/t19-/m0/s1. The third-order valence-electron chi connectivity index (χ3n) is 5.24. The Bertz CT molecular complexity index is 840. The molecule has 0 N–H and O–H groups in total. The highest BCUT2D eigenvalue weighted by molar-refractivity contribution is 6.30. The quantitative estimate of drug-likeness (QED) is 0.796. The van der Waals surface area contributed by atoms with Gasteiger partial charge in [0.15, 0.2) is 0 Å². The summed E-state index contributed by atoms with van der Waals surface area (Å²) in [5.74, 6) is 0.0456. The molecule has 0 radical (unpaired) electrons. The molecule has 0 spiro atoms. The van der Waals surface area contributed by atoms with Gasteiger partial charge < -0.3 is 14.5 Å². The molecule has 2 amide bonds. The fraction of sp³-hybridized carbons (Fsp3) is 0.381. The van der Waals surface area contributed by atoms with E-state index in [9.17, 15) is 9.59 Å². The molecule has 1 atom stereocenters. The number of amides is 2. The lowest BCUT2D eigenvalue weighted by molar-refractivity contribution is -0.142. The molecule has 2 aliphatic rings. The van der Waals surface area contributed by atoms with Crippen molar-refractivity contribution in [1.29, 1.82) is 0 Å². The van der Waals surface area contributed by atoms with Gasteiger partial charge in [-0.15, -0.1) is 0 Å². The van der Waals surface area contributed by atoms with Gasteiger partial charge in [0.05, 0.1) is 10.7 Å². The van der Waals surface area contributed by atoms with E-state index in [-0.39, 0.29) is 17.9 Å². The lowest BCUT2D eigenvalue weighted by atomic mass is 10.1. The molecule has 1 aromatic heterocycles. The largest absolute Gasteiger partial charge is 0.368 e. The normalized spacial score (nSPS) is 19.7. The predicted molar refractivity (Wildman–Crippen MR) is 106 cm³/mol. The van der Waals surface area contributed by atoms with Crippen LogP contribution >= 0.6 is 11.6 Å². The second-order valence-corrected chi connectivity index (χ2v) is 7.49. The van der Waals surface area contributed by atoms with Crippen LogP contribution in [0.15, 0.2) is 42.6 Å². The Balaban J connectivity index is 1.36. The van der Waals surface area contributed by atoms with E-state index in [1.807, 2.05) is 35.2 Å². The minimum Gasteiger partial charge on any atom is -0.368 e. The summed E-state index contributed by atoms with van der Waals surface area (Å²) in [6, 6.07) is 11.1. The van der Waals surface area contributed by atoms with Gasteiger partial charge in [-0.1, -0.05) is 23.7 Å². The first-order chi connectivity index (χ1) is 13.6. The molecule has 1 aromatic carbocycles. The molecular weight excluding hydrogens is 378 g/mol. The summed E-state index contributed by atoms with van der Waals surface area (Å²) in [5.41, 5.74) is 2.38. The molecule has 2 aliphatic heterocycles. The molecule has 2 saturated heterocycles. The zero-order valence-electron chi connectivity index (χ0n) is 15.5. The van der Waals surface area contributed by atoms with Crippen molar-refractivity contribution in [1.82, 2.24) is 14.8 Å². The van der Waals surface area contributed by atoms with Crippen molar-refractivity contribution in [2.75, 3.05) is 32.8 Å². The van der Waals surface area contributed by atoms with Crippen LogP contribution < -0.4 is 0 Å². The summed E-state index contributed by atoms with van der Waals surface area (Å²) in [4.78, 5) is 33.1. The minimum atomic E-state index is -0.295. The highest BCUT2D eigenvalue weighted by Gasteiger charge is 2.31. The van der Waals surface area contributed by atoms with Crippen molar-refractivity contribution in [2.45, 2.75) is 18.9 Å². The van der Waals surface area contributed by atoms with Crippen LogP contribution in [-0.4, -0.2) is 65.5 Å². The van der Waals surface area contributed by atoms with Crippen LogP contribution in [0.2, 0.25) is 5.02 Å². The SMILES string of the molecule is O=C(c1ccc(-c2ccc(Cl)cn2)cc1)N1CCN(C(=O)[C@@H]2CCCO2)CC1. The van der Waals surface area contributed by atoms with Crippen molar-refractivity contribution in [3.63, 3.8) is 0 Å². The van der Waals surface area contributed by atoms with Crippen molar-refractivity contribution in [2.24, 2.45) is 0 Å². The summed E-state index contributed by atoms with van der Waals surface area (Å²) in [6.45, 7) is 2.85. The van der Waals surface area contributed by atoms with E-state index in [0.29, 0.717) is 43.4 Å². The number of halogens is 1. The zero-order chi connectivity index (χ0) is 19.5. The number of hydrogen-bond donors (Lipinski definition) is 0. The van der Waals surface area contributed by atoms with Crippen LogP contribution in [0.4, 0.5) is 0 Å². The number of piperazine rings is 1. The van der Waals surface area contributed by atoms with Gasteiger partial charge in [-0.3, -0.25) is 14.6 Å². The van der Waals surface area contributed by atoms with Crippen LogP contribution in [0, 0.1) is 0 Å². The van der Waals surface area contributed by atoms with E-state index in [0.717, 1.165) is 24.1 Å². The van der Waals surface area contributed by atoms with Gasteiger partial charge in [-0.25, -0.2) is 0 Å². The number of pyridine rings is 1. The van der Waals surface area contributed by atoms with Gasteiger partial charge in [-0.2, -0.15) is 0 Å². The molecule has 4 rings (SSSR count). The van der Waals surface area contributed by atoms with Gasteiger partial charge in [0.1, 0.15) is 6.10 Å². The third-order valence-corrected chi connectivity index (χ3v) is 5.46. The predicted octanol–water partition coefficient (Wildman–Crippen LogP) is 2.87. The Morgan fingerprint density at radius 1 is 1.00 bits per heavy atom. The Kier molecular flexibility index (Phi) is 5.59. The number of benzene rings is 1. The Morgan fingerprint density at radius 2 is 1.71 bits per heavy atom. The Labute approximate surface area is 169 Å². The van der Waals surface area contributed by atoms with E-state index < -0.39 is 0 Å². The number of carbonyl (C=O) groups excluding carboxylic acids is 2. The first kappa shape index (κ1) is 18.9. The summed E-state index contributed by atoms with van der Waals surface area (Å²) in [6.07, 6.45) is 3.05. The summed E-state index contributed by atoms with van der Waals surface area (Å²) in [7, 11) is 0. The fourth-order valence-corrected chi connectivity index (χ4v) is 3.73. The second kappa shape index (κ2) is 8.29. The van der Waals surface area contributed by atoms with Crippen LogP contribution in [0.1, 0.15) is 23.2 Å². The van der Waals surface area contributed by atoms with E-state index in [2.05, 4.69) is 4.98 Å². The molecule has 3 heterocycles. The highest BCUT2D eigenvalue weighted by Crippen LogP contribution is 2.21. The monoisotopic (exact) mass is 399 g/mol. The first-order valence-electron chi connectivity index (χ1n) is 9.53. The minimum absolute atomic E-state index is 0.0140. The lowest BCUT2D eigenvalue weighted by Gasteiger charge is -2.35. The first-order valence-corrected chi connectivity index (χ1v) is 9.91. The van der Waals surface area contributed by atoms with Crippen molar-refractivity contribution < 1.29 is 14.3 Å². The lowest BCUT2D eigenvalue weighted by Crippen LogP contribution is -2.52. The fourth-order valence-electron chi connectivity index (χ4n) is 3.62. The van der Waals surface area contributed by atoms with Crippen LogP contribution in [-0.2, 0) is 9.53 Å². The molecule has 28 heavy (non-hydrogen) atoms. The Hall–Kier alpha value is -2.44. The summed E-state index contributed by atoms with van der Waals surface area (Å²) in [5, 5.41) is 0.590. The number of nitrogens with zero attached hydrogens (tertiary/aromatic N) is 3. The van der Waals surface area contributed by atoms with Crippen LogP contribution in [0.25, 0.3) is 11.3 Å². The van der Waals surface area contributed by atoms with Gasteiger partial charge >= 0.3 is 0 Å². The molecule has 2 aromatic rings. The summed E-state index contributed by atoms with van der Waals surface area (Å²) >= 11 is 5.87. The average molecular weight is 400 g/mol. The van der Waals surface area contributed by atoms with Crippen LogP contribution in [0.3, 0.4) is 0 Å². The van der Waals surface area contributed by atoms with Crippen molar-refractivity contribution in [3.05, 3.63) is 53.2 Å². The molecule has 0 saturated carbocycles. The maximum absolute atomic E-state index is 12.8. The second-order valence-electron chi connectivity index (χ2n) is 7.06. The van der Waals surface area contributed by atoms with Crippen molar-refractivity contribution >= 4 is 23.4 Å². The molecule has 2 fully saturated rings. The maximum atomic E-state index is 12.8. The smallest absolute Gasteiger partial charge is 0.253 e. The molecular formula is C21H22ClN3O3. The van der Waals surface area contributed by atoms with Crippen molar-refractivity contribution in [3.8, 4) is 11.3 Å². The molecule has 6 nitrogen and oxygen atoms in total. The number of aromatic nitrogens is 1. The summed E-state index contributed by atoms with van der Waals surface area (Å²) < 4.78 is 5.48. The average Bonchev–Trinajstić information content (AvgIpc) is 3.28. The van der Waals surface area contributed by atoms with Gasteiger partial charge in [0.2, 0.25) is 0 Å². The van der Waals surface area contributed by atoms with Gasteiger partial charge in [-0.05, 0) is 37.1 Å². The van der Waals surface area contributed by atoms with Gasteiger partial charge in [0, 0.05) is 50.1 Å². The number of hydrogen-bond acceptors (Lipinski definition) is 4. The van der Waals surface area contributed by atoms with E-state index in [1.54, 1.807) is 17.2 Å². The molecule has 7 heteroatoms. The third kappa shape index (κ3) is 4.03. The maximum Gasteiger partial charge on any atom is 0.253 e. The molecule has 0 bridgehead atoms. The van der Waals surface area contributed by atoms with E-state index in [1.165, 1.54) is 0 Å². The van der Waals surface area contributed by atoms with Crippen LogP contribution in [0.5, 0.6) is 0 Å². The zero-order valence-corrected chi connectivity index (χ0v) is 16.3. The van der Waals surface area contributed by atoms with Gasteiger partial charge in [0.25, 0.3) is 11.8 Å². The number of rotatable bonds is 3. The van der Waals surface area contributed by atoms with E-state index in [4.69, 9.17) is 16.3 Å². The topological polar surface area (TPSA) is 62.7 Å². The van der Waals surface area contributed by atoms with E-state index >= 15 is 0 Å². The molecule has 0 unspecified atom stereocenters. The molecule has 146 valence electrons.